The molecule has 1 heterocycles. The van der Waals surface area contributed by atoms with Crippen molar-refractivity contribution in [2.45, 2.75) is 46.6 Å². The van der Waals surface area contributed by atoms with Gasteiger partial charge >= 0.3 is 0 Å². The molecule has 1 fully saturated rings. The first kappa shape index (κ1) is 22.3. The summed E-state index contributed by atoms with van der Waals surface area (Å²) in [5.74, 6) is 0.818. The Hall–Kier alpha value is -0.0300. The van der Waals surface area contributed by atoms with E-state index in [1.165, 1.54) is 12.8 Å². The van der Waals surface area contributed by atoms with E-state index >= 15 is 0 Å². The lowest BCUT2D eigenvalue weighted by Crippen LogP contribution is -2.50. The maximum absolute atomic E-state index is 11.8. The van der Waals surface area contributed by atoms with Crippen molar-refractivity contribution in [1.82, 2.24) is 10.2 Å². The summed E-state index contributed by atoms with van der Waals surface area (Å²) in [5.41, 5.74) is 5.73. The Labute approximate surface area is 136 Å². The van der Waals surface area contributed by atoms with E-state index < -0.39 is 6.04 Å². The number of nitrogens with one attached hydrogen (secondary N) is 1. The van der Waals surface area contributed by atoms with Crippen LogP contribution in [0.5, 0.6) is 0 Å². The second-order valence-electron chi connectivity index (χ2n) is 6.66. The number of piperidine rings is 1. The predicted octanol–water partition coefficient (Wildman–Crippen LogP) is 2.05. The second kappa shape index (κ2) is 9.82. The van der Waals surface area contributed by atoms with E-state index in [-0.39, 0.29) is 36.1 Å². The van der Waals surface area contributed by atoms with Crippen molar-refractivity contribution in [2.75, 3.05) is 26.2 Å². The van der Waals surface area contributed by atoms with Gasteiger partial charge in [-0.1, -0.05) is 27.7 Å². The molecule has 6 heteroatoms. The normalized spacial score (nSPS) is 18.6. The van der Waals surface area contributed by atoms with Crippen LogP contribution in [0.15, 0.2) is 0 Å². The summed E-state index contributed by atoms with van der Waals surface area (Å²) in [4.78, 5) is 14.2. The SMILES string of the molecule is CC1CCN(CCNC(=O)[C@@H](N)C(C)(C)C)CC1.Cl.Cl. The highest BCUT2D eigenvalue weighted by Gasteiger charge is 2.27. The molecule has 3 N–H and O–H groups in total. The zero-order valence-electron chi connectivity index (χ0n) is 13.1. The number of amides is 1. The lowest BCUT2D eigenvalue weighted by molar-refractivity contribution is -0.124. The number of hydrogen-bond acceptors (Lipinski definition) is 3. The topological polar surface area (TPSA) is 58.4 Å². The summed E-state index contributed by atoms with van der Waals surface area (Å²) in [6, 6.07) is -0.432. The maximum Gasteiger partial charge on any atom is 0.237 e. The maximum atomic E-state index is 11.8. The van der Waals surface area contributed by atoms with Crippen LogP contribution in [0.2, 0.25) is 0 Å². The van der Waals surface area contributed by atoms with E-state index in [2.05, 4.69) is 17.1 Å². The molecule has 0 spiro atoms. The van der Waals surface area contributed by atoms with E-state index in [1.807, 2.05) is 20.8 Å². The van der Waals surface area contributed by atoms with Crippen LogP contribution in [0, 0.1) is 11.3 Å². The van der Waals surface area contributed by atoms with Gasteiger partial charge in [0.25, 0.3) is 0 Å². The number of rotatable bonds is 4. The molecule has 0 saturated carbocycles. The van der Waals surface area contributed by atoms with Crippen molar-refractivity contribution in [2.24, 2.45) is 17.1 Å². The highest BCUT2D eigenvalue weighted by atomic mass is 35.5. The van der Waals surface area contributed by atoms with Crippen molar-refractivity contribution in [3.8, 4) is 0 Å². The fourth-order valence-electron chi connectivity index (χ4n) is 2.13. The van der Waals surface area contributed by atoms with Crippen LogP contribution in [0.4, 0.5) is 0 Å². The van der Waals surface area contributed by atoms with Crippen LogP contribution in [0.25, 0.3) is 0 Å². The first-order chi connectivity index (χ1) is 8.30. The molecule has 122 valence electrons. The van der Waals surface area contributed by atoms with Crippen molar-refractivity contribution in [3.63, 3.8) is 0 Å². The molecule has 1 saturated heterocycles. The molecule has 0 radical (unpaired) electrons. The first-order valence-electron chi connectivity index (χ1n) is 7.06. The van der Waals surface area contributed by atoms with Gasteiger partial charge < -0.3 is 16.0 Å². The summed E-state index contributed by atoms with van der Waals surface area (Å²) >= 11 is 0. The van der Waals surface area contributed by atoms with Crippen LogP contribution in [0.3, 0.4) is 0 Å². The van der Waals surface area contributed by atoms with E-state index in [1.54, 1.807) is 0 Å². The Morgan fingerprint density at radius 2 is 1.80 bits per heavy atom. The van der Waals surface area contributed by atoms with Crippen molar-refractivity contribution in [1.29, 1.82) is 0 Å². The van der Waals surface area contributed by atoms with Gasteiger partial charge in [0.15, 0.2) is 0 Å². The summed E-state index contributed by atoms with van der Waals surface area (Å²) in [6.45, 7) is 12.2. The van der Waals surface area contributed by atoms with Gasteiger partial charge in [-0.25, -0.2) is 0 Å². The van der Waals surface area contributed by atoms with E-state index in [0.29, 0.717) is 6.54 Å². The monoisotopic (exact) mass is 327 g/mol. The van der Waals surface area contributed by atoms with E-state index in [9.17, 15) is 4.79 Å². The van der Waals surface area contributed by atoms with Gasteiger partial charge in [0, 0.05) is 13.1 Å². The predicted molar refractivity (Wildman–Crippen MR) is 89.8 cm³/mol. The van der Waals surface area contributed by atoms with Gasteiger partial charge in [-0.15, -0.1) is 24.8 Å². The molecule has 20 heavy (non-hydrogen) atoms. The summed E-state index contributed by atoms with van der Waals surface area (Å²) in [6.07, 6.45) is 2.55. The number of hydrogen-bond donors (Lipinski definition) is 2. The van der Waals surface area contributed by atoms with Gasteiger partial charge in [0.05, 0.1) is 6.04 Å². The Bertz CT molecular complexity index is 274. The number of nitrogens with zero attached hydrogens (tertiary/aromatic N) is 1. The smallest absolute Gasteiger partial charge is 0.237 e. The van der Waals surface area contributed by atoms with Gasteiger partial charge in [0.2, 0.25) is 5.91 Å². The number of carbonyl (C=O) groups is 1. The lowest BCUT2D eigenvalue weighted by Gasteiger charge is -2.30. The Morgan fingerprint density at radius 1 is 1.30 bits per heavy atom. The molecule has 0 bridgehead atoms. The van der Waals surface area contributed by atoms with E-state index in [4.69, 9.17) is 5.73 Å². The van der Waals surface area contributed by atoms with Crippen LogP contribution in [-0.4, -0.2) is 43.0 Å². The molecule has 1 rings (SSSR count). The molecule has 4 nitrogen and oxygen atoms in total. The molecule has 0 aliphatic carbocycles. The summed E-state index contributed by atoms with van der Waals surface area (Å²) in [5, 5.41) is 2.94. The van der Waals surface area contributed by atoms with Crippen LogP contribution in [0.1, 0.15) is 40.5 Å². The third-order valence-electron chi connectivity index (χ3n) is 3.82. The molecule has 1 aliphatic rings. The van der Waals surface area contributed by atoms with Crippen molar-refractivity contribution < 1.29 is 4.79 Å². The minimum atomic E-state index is -0.432. The van der Waals surface area contributed by atoms with E-state index in [0.717, 1.165) is 25.6 Å². The van der Waals surface area contributed by atoms with Gasteiger partial charge in [-0.05, 0) is 37.3 Å². The zero-order valence-corrected chi connectivity index (χ0v) is 14.8. The Balaban J connectivity index is 0. The number of likely N-dealkylation sites (tertiary alicyclic amines) is 1. The van der Waals surface area contributed by atoms with Crippen molar-refractivity contribution in [3.05, 3.63) is 0 Å². The van der Waals surface area contributed by atoms with Gasteiger partial charge in [0.1, 0.15) is 0 Å². The third kappa shape index (κ3) is 7.67. The Kier molecular flexibility index (Phi) is 10.9. The molecule has 0 unspecified atom stereocenters. The summed E-state index contributed by atoms with van der Waals surface area (Å²) in [7, 11) is 0. The van der Waals surface area contributed by atoms with Crippen LogP contribution in [-0.2, 0) is 4.79 Å². The number of nitrogens with two attached hydrogens (primary N) is 1. The third-order valence-corrected chi connectivity index (χ3v) is 3.82. The zero-order chi connectivity index (χ0) is 13.8. The molecular weight excluding hydrogens is 297 g/mol. The molecule has 1 amide bonds. The van der Waals surface area contributed by atoms with Crippen LogP contribution >= 0.6 is 24.8 Å². The van der Waals surface area contributed by atoms with Crippen LogP contribution < -0.4 is 11.1 Å². The minimum absolute atomic E-state index is 0. The van der Waals surface area contributed by atoms with Gasteiger partial charge in [-0.3, -0.25) is 4.79 Å². The molecule has 1 aliphatic heterocycles. The second-order valence-corrected chi connectivity index (χ2v) is 6.66. The minimum Gasteiger partial charge on any atom is -0.353 e. The lowest BCUT2D eigenvalue weighted by atomic mass is 9.87. The molecule has 0 aromatic rings. The quantitative estimate of drug-likeness (QED) is 0.830. The highest BCUT2D eigenvalue weighted by Crippen LogP contribution is 2.17. The highest BCUT2D eigenvalue weighted by molar-refractivity contribution is 5.85. The largest absolute Gasteiger partial charge is 0.353 e. The fourth-order valence-corrected chi connectivity index (χ4v) is 2.13. The fraction of sp³-hybridized carbons (Fsp3) is 0.929. The standard InChI is InChI=1S/C14H29N3O.2ClH/c1-11-5-8-17(9-6-11)10-7-16-13(18)12(15)14(2,3)4;;/h11-12H,5-10,15H2,1-4H3,(H,16,18);2*1H/t12-;;/m1../s1. The Morgan fingerprint density at radius 3 is 2.25 bits per heavy atom. The van der Waals surface area contributed by atoms with Crippen molar-refractivity contribution >= 4 is 30.7 Å². The average molecular weight is 328 g/mol. The molecule has 1 atom stereocenters. The number of carbonyl (C=O) groups excluding carboxylic acids is 1. The number of halogens is 2. The molecule has 0 aromatic heterocycles. The molecular formula is C14H31Cl2N3O. The molecule has 0 aromatic carbocycles. The average Bonchev–Trinajstić information content (AvgIpc) is 2.29. The summed E-state index contributed by atoms with van der Waals surface area (Å²) < 4.78 is 0. The first-order valence-corrected chi connectivity index (χ1v) is 7.06. The van der Waals surface area contributed by atoms with Gasteiger partial charge in [-0.2, -0.15) is 0 Å².